The number of carbonyl (C=O) groups is 2. The second-order valence-corrected chi connectivity index (χ2v) is 4.41. The number of likely N-dealkylation sites (N-methyl/N-ethyl adjacent to an activating group) is 1. The number of ether oxygens (including phenoxy) is 1. The highest BCUT2D eigenvalue weighted by Crippen LogP contribution is 2.28. The molecule has 102 valence electrons. The molecule has 0 saturated heterocycles. The summed E-state index contributed by atoms with van der Waals surface area (Å²) in [5.74, 6) is 0.575. The summed E-state index contributed by atoms with van der Waals surface area (Å²) in [7, 11) is 0. The van der Waals surface area contributed by atoms with E-state index in [-0.39, 0.29) is 18.4 Å². The Hall–Kier alpha value is -2.04. The van der Waals surface area contributed by atoms with Gasteiger partial charge in [0.15, 0.2) is 6.61 Å². The highest BCUT2D eigenvalue weighted by molar-refractivity contribution is 5.95. The predicted octanol–water partition coefficient (Wildman–Crippen LogP) is 1.43. The molecule has 2 rings (SSSR count). The Morgan fingerprint density at radius 1 is 1.37 bits per heavy atom. The fraction of sp³-hybridized carbons (Fsp3) is 0.429. The minimum atomic E-state index is -0.167. The van der Waals surface area contributed by atoms with Crippen molar-refractivity contribution < 1.29 is 14.3 Å². The van der Waals surface area contributed by atoms with Crippen LogP contribution >= 0.6 is 0 Å². The molecule has 5 heteroatoms. The standard InChI is InChI=1S/C14H18N2O3/c1-3-16(4-2)14(18)8-10-5-6-12-11(7-10)15-13(17)9-19-12/h5-7H,3-4,8-9H2,1-2H3,(H,15,17). The Bertz CT molecular complexity index is 495. The van der Waals surface area contributed by atoms with Gasteiger partial charge in [0.05, 0.1) is 12.1 Å². The summed E-state index contributed by atoms with van der Waals surface area (Å²) in [5.41, 5.74) is 1.52. The molecule has 0 fully saturated rings. The van der Waals surface area contributed by atoms with E-state index in [1.807, 2.05) is 19.9 Å². The summed E-state index contributed by atoms with van der Waals surface area (Å²) in [6, 6.07) is 5.45. The predicted molar refractivity (Wildman–Crippen MR) is 72.2 cm³/mol. The second-order valence-electron chi connectivity index (χ2n) is 4.41. The fourth-order valence-electron chi connectivity index (χ4n) is 2.10. The van der Waals surface area contributed by atoms with Gasteiger partial charge in [0.1, 0.15) is 5.75 Å². The molecule has 1 aromatic carbocycles. The van der Waals surface area contributed by atoms with E-state index in [4.69, 9.17) is 4.74 Å². The van der Waals surface area contributed by atoms with E-state index in [1.54, 1.807) is 17.0 Å². The molecule has 1 N–H and O–H groups in total. The van der Waals surface area contributed by atoms with Crippen LogP contribution in [0, 0.1) is 0 Å². The van der Waals surface area contributed by atoms with Crippen molar-refractivity contribution in [1.82, 2.24) is 4.90 Å². The van der Waals surface area contributed by atoms with Gasteiger partial charge in [-0.3, -0.25) is 9.59 Å². The molecule has 0 atom stereocenters. The Balaban J connectivity index is 2.12. The summed E-state index contributed by atoms with van der Waals surface area (Å²) in [6.45, 7) is 5.38. The van der Waals surface area contributed by atoms with Crippen molar-refractivity contribution in [3.8, 4) is 5.75 Å². The molecular weight excluding hydrogens is 244 g/mol. The quantitative estimate of drug-likeness (QED) is 0.893. The molecule has 1 heterocycles. The normalized spacial score (nSPS) is 13.3. The van der Waals surface area contributed by atoms with Crippen LogP contribution in [-0.4, -0.2) is 36.4 Å². The smallest absolute Gasteiger partial charge is 0.262 e. The Morgan fingerprint density at radius 2 is 2.11 bits per heavy atom. The largest absolute Gasteiger partial charge is 0.482 e. The molecule has 5 nitrogen and oxygen atoms in total. The lowest BCUT2D eigenvalue weighted by Gasteiger charge is -2.20. The van der Waals surface area contributed by atoms with Crippen LogP contribution in [0.2, 0.25) is 0 Å². The van der Waals surface area contributed by atoms with E-state index >= 15 is 0 Å². The number of nitrogens with one attached hydrogen (secondary N) is 1. The number of hydrogen-bond donors (Lipinski definition) is 1. The van der Waals surface area contributed by atoms with Gasteiger partial charge >= 0.3 is 0 Å². The first kappa shape index (κ1) is 13.4. The monoisotopic (exact) mass is 262 g/mol. The average molecular weight is 262 g/mol. The number of nitrogens with zero attached hydrogens (tertiary/aromatic N) is 1. The first-order chi connectivity index (χ1) is 9.13. The van der Waals surface area contributed by atoms with Crippen LogP contribution in [-0.2, 0) is 16.0 Å². The zero-order valence-electron chi connectivity index (χ0n) is 11.2. The van der Waals surface area contributed by atoms with Crippen LogP contribution in [0.15, 0.2) is 18.2 Å². The Labute approximate surface area is 112 Å². The van der Waals surface area contributed by atoms with Gasteiger partial charge in [0.2, 0.25) is 5.91 Å². The third kappa shape index (κ3) is 3.05. The SMILES string of the molecule is CCN(CC)C(=O)Cc1ccc2c(c1)NC(=O)CO2. The molecule has 0 aromatic heterocycles. The Morgan fingerprint density at radius 3 is 2.79 bits per heavy atom. The van der Waals surface area contributed by atoms with Gasteiger partial charge in [0.25, 0.3) is 5.91 Å². The maximum absolute atomic E-state index is 12.0. The van der Waals surface area contributed by atoms with E-state index in [9.17, 15) is 9.59 Å². The van der Waals surface area contributed by atoms with Gasteiger partial charge in [-0.1, -0.05) is 6.07 Å². The number of benzene rings is 1. The van der Waals surface area contributed by atoms with Gasteiger partial charge in [-0.15, -0.1) is 0 Å². The lowest BCUT2D eigenvalue weighted by atomic mass is 10.1. The molecule has 0 saturated carbocycles. The minimum absolute atomic E-state index is 0.0464. The summed E-state index contributed by atoms with van der Waals surface area (Å²) in [6.07, 6.45) is 0.338. The van der Waals surface area contributed by atoms with Crippen LogP contribution in [0.5, 0.6) is 5.75 Å². The van der Waals surface area contributed by atoms with Crippen molar-refractivity contribution in [2.45, 2.75) is 20.3 Å². The number of rotatable bonds is 4. The van der Waals surface area contributed by atoms with Gasteiger partial charge in [-0.2, -0.15) is 0 Å². The van der Waals surface area contributed by atoms with Crippen LogP contribution in [0.3, 0.4) is 0 Å². The molecular formula is C14H18N2O3. The minimum Gasteiger partial charge on any atom is -0.482 e. The maximum atomic E-state index is 12.0. The molecule has 0 spiro atoms. The maximum Gasteiger partial charge on any atom is 0.262 e. The number of anilines is 1. The molecule has 19 heavy (non-hydrogen) atoms. The van der Waals surface area contributed by atoms with E-state index in [0.717, 1.165) is 5.56 Å². The van der Waals surface area contributed by atoms with Gasteiger partial charge in [0, 0.05) is 13.1 Å². The lowest BCUT2D eigenvalue weighted by molar-refractivity contribution is -0.130. The number of carbonyl (C=O) groups excluding carboxylic acids is 2. The molecule has 1 aliphatic rings. The van der Waals surface area contributed by atoms with Crippen LogP contribution < -0.4 is 10.1 Å². The first-order valence-electron chi connectivity index (χ1n) is 6.47. The molecule has 0 unspecified atom stereocenters. The topological polar surface area (TPSA) is 58.6 Å². The van der Waals surface area contributed by atoms with Gasteiger partial charge < -0.3 is 15.0 Å². The molecule has 1 aliphatic heterocycles. The van der Waals surface area contributed by atoms with Crippen molar-refractivity contribution >= 4 is 17.5 Å². The molecule has 0 radical (unpaired) electrons. The summed E-state index contributed by atoms with van der Waals surface area (Å²) in [5, 5.41) is 2.74. The lowest BCUT2D eigenvalue weighted by Crippen LogP contribution is -2.31. The van der Waals surface area contributed by atoms with Gasteiger partial charge in [-0.25, -0.2) is 0 Å². The van der Waals surface area contributed by atoms with Crippen molar-refractivity contribution in [2.75, 3.05) is 25.0 Å². The summed E-state index contributed by atoms with van der Waals surface area (Å²) >= 11 is 0. The average Bonchev–Trinajstić information content (AvgIpc) is 2.39. The van der Waals surface area contributed by atoms with Crippen LogP contribution in [0.4, 0.5) is 5.69 Å². The molecule has 2 amide bonds. The Kier molecular flexibility index (Phi) is 4.04. The number of hydrogen-bond acceptors (Lipinski definition) is 3. The van der Waals surface area contributed by atoms with E-state index in [0.29, 0.717) is 30.9 Å². The summed E-state index contributed by atoms with van der Waals surface area (Å²) < 4.78 is 5.28. The van der Waals surface area contributed by atoms with Crippen molar-refractivity contribution in [3.63, 3.8) is 0 Å². The van der Waals surface area contributed by atoms with Crippen molar-refractivity contribution in [3.05, 3.63) is 23.8 Å². The van der Waals surface area contributed by atoms with Crippen molar-refractivity contribution in [2.24, 2.45) is 0 Å². The summed E-state index contributed by atoms with van der Waals surface area (Å²) in [4.78, 5) is 25.0. The number of amides is 2. The van der Waals surface area contributed by atoms with Crippen LogP contribution in [0.1, 0.15) is 19.4 Å². The molecule has 1 aromatic rings. The molecule has 0 aliphatic carbocycles. The van der Waals surface area contributed by atoms with Crippen molar-refractivity contribution in [1.29, 1.82) is 0 Å². The first-order valence-corrected chi connectivity index (χ1v) is 6.47. The third-order valence-electron chi connectivity index (χ3n) is 3.15. The zero-order valence-corrected chi connectivity index (χ0v) is 11.2. The van der Waals surface area contributed by atoms with E-state index in [2.05, 4.69) is 5.32 Å². The second kappa shape index (κ2) is 5.73. The molecule has 0 bridgehead atoms. The highest BCUT2D eigenvalue weighted by Gasteiger charge is 2.17. The highest BCUT2D eigenvalue weighted by atomic mass is 16.5. The van der Waals surface area contributed by atoms with Crippen LogP contribution in [0.25, 0.3) is 0 Å². The van der Waals surface area contributed by atoms with Gasteiger partial charge in [-0.05, 0) is 31.5 Å². The van der Waals surface area contributed by atoms with E-state index < -0.39 is 0 Å². The number of fused-ring (bicyclic) bond motifs is 1. The van der Waals surface area contributed by atoms with E-state index in [1.165, 1.54) is 0 Å². The fourth-order valence-corrected chi connectivity index (χ4v) is 2.10. The third-order valence-corrected chi connectivity index (χ3v) is 3.15. The zero-order chi connectivity index (χ0) is 13.8.